The molecule has 0 saturated heterocycles. The Morgan fingerprint density at radius 1 is 1.15 bits per heavy atom. The first-order valence-corrected chi connectivity index (χ1v) is 9.75. The molecular formula is C20H24N2O3S. The Kier molecular flexibility index (Phi) is 7.53. The summed E-state index contributed by atoms with van der Waals surface area (Å²) in [6.07, 6.45) is 2.51. The molecule has 2 aromatic rings. The number of carbonyl (C=O) groups excluding carboxylic acids is 2. The van der Waals surface area contributed by atoms with Crippen molar-refractivity contribution in [2.45, 2.75) is 19.4 Å². The number of ether oxygens (including phenoxy) is 1. The highest BCUT2D eigenvalue weighted by molar-refractivity contribution is 7.98. The second-order valence-electron chi connectivity index (χ2n) is 5.87. The van der Waals surface area contributed by atoms with Crippen LogP contribution < -0.4 is 15.4 Å². The summed E-state index contributed by atoms with van der Waals surface area (Å²) in [5.41, 5.74) is 2.14. The summed E-state index contributed by atoms with van der Waals surface area (Å²) in [6.45, 7) is 1.94. The van der Waals surface area contributed by atoms with Crippen LogP contribution >= 0.6 is 11.8 Å². The summed E-state index contributed by atoms with van der Waals surface area (Å²) in [5.74, 6) is 0.829. The Morgan fingerprint density at radius 2 is 1.88 bits per heavy atom. The third kappa shape index (κ3) is 5.52. The van der Waals surface area contributed by atoms with E-state index in [0.717, 1.165) is 11.3 Å². The summed E-state index contributed by atoms with van der Waals surface area (Å²) in [7, 11) is 1.56. The fourth-order valence-electron chi connectivity index (χ4n) is 2.47. The van der Waals surface area contributed by atoms with Gasteiger partial charge in [0.05, 0.1) is 12.8 Å². The SMILES string of the molecule is COc1ccc(C)cc1NC(=O)[C@H](CCSC)NC(=O)c1ccccc1. The number of hydrogen-bond donors (Lipinski definition) is 2. The van der Waals surface area contributed by atoms with E-state index in [4.69, 9.17) is 4.74 Å². The van der Waals surface area contributed by atoms with Crippen LogP contribution in [0.5, 0.6) is 5.75 Å². The first-order valence-electron chi connectivity index (χ1n) is 8.35. The molecule has 6 heteroatoms. The molecule has 0 radical (unpaired) electrons. The Hall–Kier alpha value is -2.47. The standard InChI is InChI=1S/C20H24N2O3S/c1-14-9-10-18(25-2)17(13-14)22-20(24)16(11-12-26-3)21-19(23)15-7-5-4-6-8-15/h4-10,13,16H,11-12H2,1-3H3,(H,21,23)(H,22,24)/t16-/m0/s1. The lowest BCUT2D eigenvalue weighted by molar-refractivity contribution is -0.118. The van der Waals surface area contributed by atoms with Gasteiger partial charge in [-0.15, -0.1) is 0 Å². The molecule has 0 saturated carbocycles. The number of aryl methyl sites for hydroxylation is 1. The second kappa shape index (κ2) is 9.87. The van der Waals surface area contributed by atoms with Crippen molar-refractivity contribution >= 4 is 29.3 Å². The highest BCUT2D eigenvalue weighted by atomic mass is 32.2. The highest BCUT2D eigenvalue weighted by Crippen LogP contribution is 2.25. The number of nitrogens with one attached hydrogen (secondary N) is 2. The van der Waals surface area contributed by atoms with E-state index in [9.17, 15) is 9.59 Å². The van der Waals surface area contributed by atoms with Gasteiger partial charge in [0.15, 0.2) is 0 Å². The van der Waals surface area contributed by atoms with Gasteiger partial charge in [-0.25, -0.2) is 0 Å². The summed E-state index contributed by atoms with van der Waals surface area (Å²) >= 11 is 1.63. The van der Waals surface area contributed by atoms with Crippen LogP contribution in [-0.2, 0) is 4.79 Å². The maximum Gasteiger partial charge on any atom is 0.251 e. The molecule has 2 N–H and O–H groups in total. The molecule has 0 bridgehead atoms. The first kappa shape index (κ1) is 19.8. The van der Waals surface area contributed by atoms with Gasteiger partial charge in [0.2, 0.25) is 5.91 Å². The van der Waals surface area contributed by atoms with Crippen LogP contribution in [0.3, 0.4) is 0 Å². The zero-order valence-corrected chi connectivity index (χ0v) is 16.1. The minimum absolute atomic E-state index is 0.257. The van der Waals surface area contributed by atoms with Crippen molar-refractivity contribution in [3.05, 3.63) is 59.7 Å². The molecule has 2 amide bonds. The van der Waals surface area contributed by atoms with Crippen LogP contribution in [-0.4, -0.2) is 37.0 Å². The number of thioether (sulfide) groups is 1. The van der Waals surface area contributed by atoms with Gasteiger partial charge in [-0.3, -0.25) is 9.59 Å². The van der Waals surface area contributed by atoms with Crippen LogP contribution in [0.2, 0.25) is 0 Å². The zero-order chi connectivity index (χ0) is 18.9. The molecule has 0 aliphatic heterocycles. The number of methoxy groups -OCH3 is 1. The second-order valence-corrected chi connectivity index (χ2v) is 6.85. The highest BCUT2D eigenvalue weighted by Gasteiger charge is 2.22. The Labute approximate surface area is 158 Å². The fourth-order valence-corrected chi connectivity index (χ4v) is 2.95. The summed E-state index contributed by atoms with van der Waals surface area (Å²) in [6, 6.07) is 13.8. The quantitative estimate of drug-likeness (QED) is 0.744. The smallest absolute Gasteiger partial charge is 0.251 e. The predicted octanol–water partition coefficient (Wildman–Crippen LogP) is 3.49. The van der Waals surface area contributed by atoms with Crippen molar-refractivity contribution in [3.8, 4) is 5.75 Å². The maximum absolute atomic E-state index is 12.8. The maximum atomic E-state index is 12.8. The van der Waals surface area contributed by atoms with Crippen molar-refractivity contribution in [1.82, 2.24) is 5.32 Å². The van der Waals surface area contributed by atoms with Crippen LogP contribution in [0, 0.1) is 6.92 Å². The number of anilines is 1. The van der Waals surface area contributed by atoms with Gasteiger partial charge in [-0.1, -0.05) is 24.3 Å². The van der Waals surface area contributed by atoms with Crippen molar-refractivity contribution < 1.29 is 14.3 Å². The van der Waals surface area contributed by atoms with Gasteiger partial charge in [0.25, 0.3) is 5.91 Å². The summed E-state index contributed by atoms with van der Waals surface area (Å²) in [5, 5.41) is 5.72. The van der Waals surface area contributed by atoms with E-state index in [0.29, 0.717) is 23.4 Å². The minimum atomic E-state index is -0.625. The van der Waals surface area contributed by atoms with E-state index in [1.165, 1.54) is 0 Å². The first-order chi connectivity index (χ1) is 12.5. The van der Waals surface area contributed by atoms with E-state index in [-0.39, 0.29) is 11.8 Å². The zero-order valence-electron chi connectivity index (χ0n) is 15.2. The van der Waals surface area contributed by atoms with E-state index < -0.39 is 6.04 Å². The van der Waals surface area contributed by atoms with E-state index >= 15 is 0 Å². The lowest BCUT2D eigenvalue weighted by atomic mass is 10.1. The molecule has 0 aromatic heterocycles. The van der Waals surface area contributed by atoms with Gasteiger partial charge in [0.1, 0.15) is 11.8 Å². The molecule has 138 valence electrons. The molecule has 0 heterocycles. The van der Waals surface area contributed by atoms with E-state index in [1.807, 2.05) is 37.4 Å². The lowest BCUT2D eigenvalue weighted by Crippen LogP contribution is -2.44. The van der Waals surface area contributed by atoms with Crippen LogP contribution in [0.1, 0.15) is 22.3 Å². The average Bonchev–Trinajstić information content (AvgIpc) is 2.65. The molecule has 0 unspecified atom stereocenters. The number of amides is 2. The lowest BCUT2D eigenvalue weighted by Gasteiger charge is -2.19. The normalized spacial score (nSPS) is 11.5. The summed E-state index contributed by atoms with van der Waals surface area (Å²) < 4.78 is 5.31. The average molecular weight is 372 g/mol. The summed E-state index contributed by atoms with van der Waals surface area (Å²) in [4.78, 5) is 25.2. The predicted molar refractivity (Wildman–Crippen MR) is 107 cm³/mol. The van der Waals surface area contributed by atoms with Crippen molar-refractivity contribution in [2.24, 2.45) is 0 Å². The van der Waals surface area contributed by atoms with Gasteiger partial charge in [0, 0.05) is 5.56 Å². The van der Waals surface area contributed by atoms with E-state index in [2.05, 4.69) is 10.6 Å². The van der Waals surface area contributed by atoms with Crippen LogP contribution in [0.15, 0.2) is 48.5 Å². The monoisotopic (exact) mass is 372 g/mol. The van der Waals surface area contributed by atoms with Crippen LogP contribution in [0.25, 0.3) is 0 Å². The minimum Gasteiger partial charge on any atom is -0.495 e. The third-order valence-electron chi connectivity index (χ3n) is 3.88. The largest absolute Gasteiger partial charge is 0.495 e. The molecule has 0 fully saturated rings. The molecule has 0 aliphatic rings. The fraction of sp³-hybridized carbons (Fsp3) is 0.300. The molecular weight excluding hydrogens is 348 g/mol. The molecule has 26 heavy (non-hydrogen) atoms. The Bertz CT molecular complexity index is 750. The molecule has 0 aliphatic carbocycles. The third-order valence-corrected chi connectivity index (χ3v) is 4.53. The van der Waals surface area contributed by atoms with Gasteiger partial charge < -0.3 is 15.4 Å². The van der Waals surface area contributed by atoms with Gasteiger partial charge in [-0.05, 0) is 55.2 Å². The van der Waals surface area contributed by atoms with Crippen LogP contribution in [0.4, 0.5) is 5.69 Å². The molecule has 0 spiro atoms. The van der Waals surface area contributed by atoms with Crippen molar-refractivity contribution in [1.29, 1.82) is 0 Å². The van der Waals surface area contributed by atoms with E-state index in [1.54, 1.807) is 43.1 Å². The molecule has 2 rings (SSSR count). The van der Waals surface area contributed by atoms with Crippen molar-refractivity contribution in [2.75, 3.05) is 24.4 Å². The topological polar surface area (TPSA) is 67.4 Å². The number of rotatable bonds is 8. The van der Waals surface area contributed by atoms with Gasteiger partial charge >= 0.3 is 0 Å². The Morgan fingerprint density at radius 3 is 2.54 bits per heavy atom. The molecule has 5 nitrogen and oxygen atoms in total. The number of hydrogen-bond acceptors (Lipinski definition) is 4. The number of benzene rings is 2. The van der Waals surface area contributed by atoms with Gasteiger partial charge in [-0.2, -0.15) is 11.8 Å². The molecule has 1 atom stereocenters. The number of carbonyl (C=O) groups is 2. The Balaban J connectivity index is 2.14. The van der Waals surface area contributed by atoms with Crippen molar-refractivity contribution in [3.63, 3.8) is 0 Å². The molecule has 2 aromatic carbocycles.